The van der Waals surface area contributed by atoms with Gasteiger partial charge in [0.15, 0.2) is 11.6 Å². The van der Waals surface area contributed by atoms with Crippen molar-refractivity contribution in [2.24, 2.45) is 22.7 Å². The summed E-state index contributed by atoms with van der Waals surface area (Å²) < 4.78 is 6.40. The molecule has 5 heteroatoms. The Morgan fingerprint density at radius 2 is 2.08 bits per heavy atom. The molecule has 1 spiro atoms. The van der Waals surface area contributed by atoms with Crippen molar-refractivity contribution in [3.63, 3.8) is 0 Å². The Balaban J connectivity index is 1.58. The number of carbonyl (C=O) groups is 2. The quantitative estimate of drug-likeness (QED) is 0.734. The molecule has 2 N–H and O–H groups in total. The fourth-order valence-corrected chi connectivity index (χ4v) is 7.24. The minimum Gasteiger partial charge on any atom is -0.388 e. The summed E-state index contributed by atoms with van der Waals surface area (Å²) in [5, 5.41) is 20.6. The smallest absolute Gasteiger partial charge is 0.190 e. The topological polar surface area (TPSA) is 87.1 Å². The van der Waals surface area contributed by atoms with Crippen LogP contribution >= 0.6 is 0 Å². The lowest BCUT2D eigenvalue weighted by atomic mass is 9.47. The van der Waals surface area contributed by atoms with Crippen molar-refractivity contribution in [3.05, 3.63) is 23.8 Å². The Bertz CT molecular complexity index is 783. The van der Waals surface area contributed by atoms with E-state index >= 15 is 0 Å². The Morgan fingerprint density at radius 3 is 2.81 bits per heavy atom. The van der Waals surface area contributed by atoms with E-state index in [9.17, 15) is 19.8 Å². The van der Waals surface area contributed by atoms with Crippen LogP contribution in [0.3, 0.4) is 0 Å². The number of hydrogen-bond donors (Lipinski definition) is 2. The fraction of sp³-hybridized carbons (Fsp3) is 0.714. The van der Waals surface area contributed by atoms with E-state index in [1.165, 1.54) is 0 Å². The number of allylic oxidation sites excluding steroid dienone is 2. The molecule has 7 atom stereocenters. The van der Waals surface area contributed by atoms with Crippen LogP contribution in [0.1, 0.15) is 46.0 Å². The minimum atomic E-state index is -1.46. The highest BCUT2D eigenvalue weighted by atomic mass is 16.6. The van der Waals surface area contributed by atoms with Gasteiger partial charge in [-0.15, -0.1) is 0 Å². The van der Waals surface area contributed by atoms with E-state index in [0.29, 0.717) is 12.8 Å². The highest BCUT2D eigenvalue weighted by Crippen LogP contribution is 2.75. The predicted octanol–water partition coefficient (Wildman–Crippen LogP) is 1.72. The molecule has 0 bridgehead atoms. The van der Waals surface area contributed by atoms with Crippen molar-refractivity contribution in [1.29, 1.82) is 0 Å². The lowest BCUT2D eigenvalue weighted by Crippen LogP contribution is -2.61. The van der Waals surface area contributed by atoms with Crippen molar-refractivity contribution >= 4 is 11.6 Å². The SMILES string of the molecule is C[C@]12C=CC(=O)C=C1CC[C@H]1[C@@H]3CC[C@](O)(C(=O)CO)[C@@]3(C)C[C@@H]3O[C@]312. The van der Waals surface area contributed by atoms with E-state index in [2.05, 4.69) is 6.92 Å². The van der Waals surface area contributed by atoms with Crippen LogP contribution in [-0.4, -0.2) is 45.7 Å². The molecule has 1 heterocycles. The van der Waals surface area contributed by atoms with E-state index < -0.39 is 23.4 Å². The second kappa shape index (κ2) is 4.75. The average molecular weight is 358 g/mol. The van der Waals surface area contributed by atoms with Crippen molar-refractivity contribution in [3.8, 4) is 0 Å². The number of aliphatic hydroxyl groups excluding tert-OH is 1. The van der Waals surface area contributed by atoms with Gasteiger partial charge >= 0.3 is 0 Å². The lowest BCUT2D eigenvalue weighted by molar-refractivity contribution is -0.159. The average Bonchev–Trinajstić information content (AvgIpc) is 3.27. The number of ether oxygens (including phenoxy) is 1. The molecule has 5 rings (SSSR count). The third kappa shape index (κ3) is 1.60. The molecule has 0 radical (unpaired) electrons. The third-order valence-electron chi connectivity index (χ3n) is 8.69. The van der Waals surface area contributed by atoms with Crippen LogP contribution in [0.2, 0.25) is 0 Å². The van der Waals surface area contributed by atoms with Gasteiger partial charge in [-0.3, -0.25) is 9.59 Å². The second-order valence-corrected chi connectivity index (χ2v) is 9.36. The van der Waals surface area contributed by atoms with E-state index in [0.717, 1.165) is 24.8 Å². The first-order valence-electron chi connectivity index (χ1n) is 9.71. The van der Waals surface area contributed by atoms with Gasteiger partial charge in [0.05, 0.1) is 6.10 Å². The van der Waals surface area contributed by atoms with E-state index in [1.54, 1.807) is 12.2 Å². The standard InChI is InChI=1S/C21H26O5/c1-18-7-5-13(23)9-12(18)3-4-15-14-6-8-20(25,16(24)11-22)19(14,2)10-17-21(15,18)26-17/h5,7,9,14-15,17,22,25H,3-4,6,8,10-11H2,1-2H3/t14-,15-,17-,18-,19-,20-,21-/m0/s1. The van der Waals surface area contributed by atoms with Gasteiger partial charge < -0.3 is 14.9 Å². The Labute approximate surface area is 153 Å². The Morgan fingerprint density at radius 1 is 1.31 bits per heavy atom. The number of Topliss-reactive ketones (excluding diaryl/α,β-unsaturated/α-hetero) is 1. The first-order valence-corrected chi connectivity index (χ1v) is 9.71. The van der Waals surface area contributed by atoms with Crippen LogP contribution in [0.15, 0.2) is 23.8 Å². The Hall–Kier alpha value is -1.30. The zero-order valence-corrected chi connectivity index (χ0v) is 15.3. The van der Waals surface area contributed by atoms with Crippen molar-refractivity contribution in [1.82, 2.24) is 0 Å². The van der Waals surface area contributed by atoms with Crippen molar-refractivity contribution < 1.29 is 24.5 Å². The molecule has 1 aliphatic heterocycles. The molecule has 1 saturated heterocycles. The minimum absolute atomic E-state index is 0.0172. The number of epoxide rings is 1. The van der Waals surface area contributed by atoms with Gasteiger partial charge in [-0.25, -0.2) is 0 Å². The molecule has 0 unspecified atom stereocenters. The highest BCUT2D eigenvalue weighted by molar-refractivity contribution is 6.01. The number of aliphatic hydroxyl groups is 2. The molecule has 26 heavy (non-hydrogen) atoms. The van der Waals surface area contributed by atoms with Crippen LogP contribution in [0.4, 0.5) is 0 Å². The lowest BCUT2D eigenvalue weighted by Gasteiger charge is -2.55. The summed E-state index contributed by atoms with van der Waals surface area (Å²) in [5.74, 6) is 0.0355. The highest BCUT2D eigenvalue weighted by Gasteiger charge is 2.81. The molecule has 140 valence electrons. The van der Waals surface area contributed by atoms with Crippen LogP contribution < -0.4 is 0 Å². The number of hydrogen-bond acceptors (Lipinski definition) is 5. The molecule has 0 aromatic rings. The van der Waals surface area contributed by atoms with E-state index in [1.807, 2.05) is 13.0 Å². The van der Waals surface area contributed by atoms with Gasteiger partial charge in [0.1, 0.15) is 17.8 Å². The largest absolute Gasteiger partial charge is 0.388 e. The number of ketones is 2. The number of carbonyl (C=O) groups excluding carboxylic acids is 2. The zero-order valence-electron chi connectivity index (χ0n) is 15.3. The summed E-state index contributed by atoms with van der Waals surface area (Å²) in [4.78, 5) is 24.3. The molecule has 0 aromatic heterocycles. The molecule has 3 saturated carbocycles. The predicted molar refractivity (Wildman–Crippen MR) is 93.2 cm³/mol. The van der Waals surface area contributed by atoms with Gasteiger partial charge in [0.2, 0.25) is 0 Å². The normalized spacial score (nSPS) is 53.9. The maximum Gasteiger partial charge on any atom is 0.190 e. The summed E-state index contributed by atoms with van der Waals surface area (Å²) in [6.07, 6.45) is 9.04. The van der Waals surface area contributed by atoms with Crippen LogP contribution in [-0.2, 0) is 14.3 Å². The van der Waals surface area contributed by atoms with Crippen molar-refractivity contribution in [2.45, 2.75) is 63.3 Å². The van der Waals surface area contributed by atoms with Crippen LogP contribution in [0.25, 0.3) is 0 Å². The van der Waals surface area contributed by atoms with E-state index in [4.69, 9.17) is 4.74 Å². The molecule has 0 amide bonds. The van der Waals surface area contributed by atoms with E-state index in [-0.39, 0.29) is 34.7 Å². The maximum absolute atomic E-state index is 12.4. The molecular formula is C21H26O5. The maximum atomic E-state index is 12.4. The summed E-state index contributed by atoms with van der Waals surface area (Å²) >= 11 is 0. The van der Waals surface area contributed by atoms with Crippen molar-refractivity contribution in [2.75, 3.05) is 6.61 Å². The molecule has 0 aromatic carbocycles. The number of fused-ring (bicyclic) bond motifs is 3. The number of rotatable bonds is 2. The van der Waals surface area contributed by atoms with Crippen LogP contribution in [0.5, 0.6) is 0 Å². The summed E-state index contributed by atoms with van der Waals surface area (Å²) in [7, 11) is 0. The molecule has 4 fully saturated rings. The Kier molecular flexibility index (Phi) is 3.08. The van der Waals surface area contributed by atoms with Crippen LogP contribution in [0, 0.1) is 22.7 Å². The second-order valence-electron chi connectivity index (χ2n) is 9.36. The molecule has 4 aliphatic carbocycles. The molecule has 5 aliphatic rings. The van der Waals surface area contributed by atoms with Gasteiger partial charge in [-0.05, 0) is 63.0 Å². The third-order valence-corrected chi connectivity index (χ3v) is 8.69. The summed E-state index contributed by atoms with van der Waals surface area (Å²) in [5.41, 5.74) is -1.45. The summed E-state index contributed by atoms with van der Waals surface area (Å²) in [6.45, 7) is 3.57. The zero-order chi connectivity index (χ0) is 18.5. The van der Waals surface area contributed by atoms with Gasteiger partial charge in [-0.1, -0.05) is 18.6 Å². The van der Waals surface area contributed by atoms with Gasteiger partial charge in [-0.2, -0.15) is 0 Å². The summed E-state index contributed by atoms with van der Waals surface area (Å²) in [6, 6.07) is 0. The monoisotopic (exact) mass is 358 g/mol. The van der Waals surface area contributed by atoms with Gasteiger partial charge in [0.25, 0.3) is 0 Å². The molecule has 5 nitrogen and oxygen atoms in total. The first kappa shape index (κ1) is 16.8. The first-order chi connectivity index (χ1) is 12.2. The fourth-order valence-electron chi connectivity index (χ4n) is 7.24. The van der Waals surface area contributed by atoms with Gasteiger partial charge in [0, 0.05) is 10.8 Å². The molecular weight excluding hydrogens is 332 g/mol.